The molecule has 0 amide bonds. The van der Waals surface area contributed by atoms with Gasteiger partial charge in [0.05, 0.1) is 42.8 Å². The number of esters is 1. The molecule has 2 saturated heterocycles. The maximum atomic E-state index is 12.9. The van der Waals surface area contributed by atoms with Crippen molar-refractivity contribution in [2.45, 2.75) is 50.7 Å². The third-order valence-corrected chi connectivity index (χ3v) is 8.19. The van der Waals surface area contributed by atoms with E-state index in [0.29, 0.717) is 17.4 Å². The van der Waals surface area contributed by atoms with Crippen molar-refractivity contribution in [3.05, 3.63) is 41.7 Å². The van der Waals surface area contributed by atoms with Crippen molar-refractivity contribution < 1.29 is 27.8 Å². The van der Waals surface area contributed by atoms with Crippen molar-refractivity contribution in [3.8, 4) is 11.4 Å². The average Bonchev–Trinajstić information content (AvgIpc) is 3.30. The summed E-state index contributed by atoms with van der Waals surface area (Å²) in [6.45, 7) is 2.23. The van der Waals surface area contributed by atoms with E-state index in [0.717, 1.165) is 88.3 Å². The van der Waals surface area contributed by atoms with Gasteiger partial charge in [0, 0.05) is 44.2 Å². The molecule has 9 nitrogen and oxygen atoms in total. The first-order valence-corrected chi connectivity index (χ1v) is 13.7. The van der Waals surface area contributed by atoms with Crippen LogP contribution in [0.4, 0.5) is 14.5 Å². The zero-order valence-corrected chi connectivity index (χ0v) is 22.0. The topological polar surface area (TPSA) is 82.0 Å². The van der Waals surface area contributed by atoms with Gasteiger partial charge in [-0.2, -0.15) is 13.9 Å². The number of hydrogen-bond acceptors (Lipinski definition) is 8. The molecule has 3 fully saturated rings. The van der Waals surface area contributed by atoms with E-state index in [-0.39, 0.29) is 17.4 Å². The molecule has 3 aromatic rings. The Balaban J connectivity index is 1.43. The fourth-order valence-corrected chi connectivity index (χ4v) is 5.93. The van der Waals surface area contributed by atoms with Crippen molar-refractivity contribution in [2.24, 2.45) is 0 Å². The van der Waals surface area contributed by atoms with E-state index in [2.05, 4.69) is 14.5 Å². The van der Waals surface area contributed by atoms with Crippen LogP contribution in [0.2, 0.25) is 0 Å². The molecular weight excluding hydrogens is 508 g/mol. The Labute approximate surface area is 225 Å². The molecule has 0 atom stereocenters. The van der Waals surface area contributed by atoms with E-state index >= 15 is 0 Å². The lowest BCUT2D eigenvalue weighted by molar-refractivity contribution is -0.0498. The maximum absolute atomic E-state index is 12.9. The van der Waals surface area contributed by atoms with Crippen molar-refractivity contribution in [1.82, 2.24) is 19.7 Å². The van der Waals surface area contributed by atoms with Crippen LogP contribution in [0.25, 0.3) is 16.7 Å². The molecular formula is C28H33F2N5O4. The number of benzene rings is 1. The number of morpholine rings is 1. The number of carbonyl (C=O) groups excluding carboxylic acids is 1. The Morgan fingerprint density at radius 2 is 1.85 bits per heavy atom. The first-order chi connectivity index (χ1) is 19.0. The molecule has 4 heterocycles. The van der Waals surface area contributed by atoms with Crippen LogP contribution in [0.1, 0.15) is 54.2 Å². The highest BCUT2D eigenvalue weighted by molar-refractivity contribution is 5.99. The summed E-state index contributed by atoms with van der Waals surface area (Å²) in [5.74, 6) is -0.218. The standard InChI is InChI=1S/C28H33F2N5O4/c1-37-27(36)22-17-23(34-10-8-19(9-11-34)33-12-14-38-15-13-33)24-25(18-4-2-5-18)32-35(26(24)31-22)20-6-3-7-21(16-20)39-28(29)30/h3,6-7,16-19,28H,2,4-5,8-15H2,1H3. The fourth-order valence-electron chi connectivity index (χ4n) is 5.93. The number of hydrogen-bond donors (Lipinski definition) is 0. The normalized spacial score (nSPS) is 19.4. The van der Waals surface area contributed by atoms with Gasteiger partial charge in [-0.1, -0.05) is 12.5 Å². The second kappa shape index (κ2) is 11.1. The molecule has 0 N–H and O–H groups in total. The molecule has 1 aromatic carbocycles. The van der Waals surface area contributed by atoms with Gasteiger partial charge in [0.25, 0.3) is 0 Å². The smallest absolute Gasteiger partial charge is 0.387 e. The first kappa shape index (κ1) is 25.9. The molecule has 2 aromatic heterocycles. The van der Waals surface area contributed by atoms with Crippen LogP contribution in [-0.2, 0) is 9.47 Å². The number of alkyl halides is 2. The van der Waals surface area contributed by atoms with Crippen LogP contribution >= 0.6 is 0 Å². The number of methoxy groups -OCH3 is 1. The van der Waals surface area contributed by atoms with Gasteiger partial charge in [0.1, 0.15) is 5.75 Å². The van der Waals surface area contributed by atoms with Gasteiger partial charge >= 0.3 is 12.6 Å². The highest BCUT2D eigenvalue weighted by atomic mass is 19.3. The number of halogens is 2. The molecule has 1 aliphatic carbocycles. The quantitative estimate of drug-likeness (QED) is 0.408. The molecule has 0 bridgehead atoms. The minimum Gasteiger partial charge on any atom is -0.464 e. The van der Waals surface area contributed by atoms with Crippen LogP contribution in [0.15, 0.2) is 30.3 Å². The Kier molecular flexibility index (Phi) is 7.35. The first-order valence-electron chi connectivity index (χ1n) is 13.7. The molecule has 11 heteroatoms. The second-order valence-corrected chi connectivity index (χ2v) is 10.4. The van der Waals surface area contributed by atoms with E-state index in [9.17, 15) is 13.6 Å². The predicted molar refractivity (Wildman–Crippen MR) is 141 cm³/mol. The lowest BCUT2D eigenvalue weighted by Crippen LogP contribution is -2.49. The average molecular weight is 542 g/mol. The van der Waals surface area contributed by atoms with Gasteiger partial charge in [0.15, 0.2) is 11.3 Å². The minimum atomic E-state index is -2.93. The minimum absolute atomic E-state index is 0.0332. The van der Waals surface area contributed by atoms with Crippen molar-refractivity contribution in [2.75, 3.05) is 51.4 Å². The zero-order valence-electron chi connectivity index (χ0n) is 22.0. The SMILES string of the molecule is COC(=O)c1cc(N2CCC(N3CCOCC3)CC2)c2c(C3CCC3)nn(-c3cccc(OC(F)F)c3)c2n1. The van der Waals surface area contributed by atoms with Gasteiger partial charge in [0.2, 0.25) is 0 Å². The van der Waals surface area contributed by atoms with Crippen LogP contribution in [0, 0.1) is 0 Å². The molecule has 208 valence electrons. The van der Waals surface area contributed by atoms with Gasteiger partial charge in [-0.25, -0.2) is 14.5 Å². The summed E-state index contributed by atoms with van der Waals surface area (Å²) in [7, 11) is 1.34. The summed E-state index contributed by atoms with van der Waals surface area (Å²) in [5, 5.41) is 5.90. The number of ether oxygens (including phenoxy) is 3. The lowest BCUT2D eigenvalue weighted by Gasteiger charge is -2.41. The molecule has 0 radical (unpaired) electrons. The predicted octanol–water partition coefficient (Wildman–Crippen LogP) is 4.38. The van der Waals surface area contributed by atoms with Gasteiger partial charge in [-0.3, -0.25) is 4.90 Å². The Hall–Kier alpha value is -3.31. The number of pyridine rings is 1. The number of piperidine rings is 1. The largest absolute Gasteiger partial charge is 0.464 e. The summed E-state index contributed by atoms with van der Waals surface area (Å²) in [5.41, 5.74) is 3.10. The number of fused-ring (bicyclic) bond motifs is 1. The van der Waals surface area contributed by atoms with Crippen molar-refractivity contribution in [3.63, 3.8) is 0 Å². The number of rotatable bonds is 7. The van der Waals surface area contributed by atoms with E-state index in [4.69, 9.17) is 19.6 Å². The van der Waals surface area contributed by atoms with Crippen molar-refractivity contribution >= 4 is 22.7 Å². The van der Waals surface area contributed by atoms with E-state index in [1.807, 2.05) is 6.07 Å². The third kappa shape index (κ3) is 5.17. The van der Waals surface area contributed by atoms with E-state index in [1.165, 1.54) is 19.2 Å². The van der Waals surface area contributed by atoms with Gasteiger partial charge < -0.3 is 19.1 Å². The second-order valence-electron chi connectivity index (χ2n) is 10.4. The van der Waals surface area contributed by atoms with Crippen LogP contribution in [0.5, 0.6) is 5.75 Å². The van der Waals surface area contributed by atoms with Crippen LogP contribution < -0.4 is 9.64 Å². The monoisotopic (exact) mass is 541 g/mol. The van der Waals surface area contributed by atoms with Gasteiger partial charge in [-0.05, 0) is 43.9 Å². The molecule has 6 rings (SSSR count). The van der Waals surface area contributed by atoms with Crippen LogP contribution in [-0.4, -0.2) is 84.8 Å². The molecule has 1 saturated carbocycles. The maximum Gasteiger partial charge on any atom is 0.387 e. The number of aromatic nitrogens is 3. The summed E-state index contributed by atoms with van der Waals surface area (Å²) >= 11 is 0. The summed E-state index contributed by atoms with van der Waals surface area (Å²) < 4.78 is 42.7. The Bertz CT molecular complexity index is 1330. The third-order valence-electron chi connectivity index (χ3n) is 8.19. The number of carbonyl (C=O) groups is 1. The van der Waals surface area contributed by atoms with Gasteiger partial charge in [-0.15, -0.1) is 0 Å². The fraction of sp³-hybridized carbons (Fsp3) is 0.536. The lowest BCUT2D eigenvalue weighted by atomic mass is 9.82. The van der Waals surface area contributed by atoms with E-state index in [1.54, 1.807) is 16.8 Å². The molecule has 0 unspecified atom stereocenters. The molecule has 2 aliphatic heterocycles. The molecule has 0 spiro atoms. The molecule has 39 heavy (non-hydrogen) atoms. The number of nitrogens with zero attached hydrogens (tertiary/aromatic N) is 5. The Morgan fingerprint density at radius 3 is 2.51 bits per heavy atom. The highest BCUT2D eigenvalue weighted by Gasteiger charge is 2.32. The molecule has 3 aliphatic rings. The highest BCUT2D eigenvalue weighted by Crippen LogP contribution is 2.43. The van der Waals surface area contributed by atoms with E-state index < -0.39 is 12.6 Å². The Morgan fingerprint density at radius 1 is 1.08 bits per heavy atom. The summed E-state index contributed by atoms with van der Waals surface area (Å²) in [6.07, 6.45) is 5.20. The van der Waals surface area contributed by atoms with Crippen LogP contribution in [0.3, 0.4) is 0 Å². The summed E-state index contributed by atoms with van der Waals surface area (Å²) in [6, 6.07) is 8.75. The zero-order chi connectivity index (χ0) is 26.9. The number of anilines is 1. The van der Waals surface area contributed by atoms with Crippen molar-refractivity contribution in [1.29, 1.82) is 0 Å². The summed E-state index contributed by atoms with van der Waals surface area (Å²) in [4.78, 5) is 22.3.